The summed E-state index contributed by atoms with van der Waals surface area (Å²) in [6, 6.07) is -0.498. The first-order valence-electron chi connectivity index (χ1n) is 7.36. The molecule has 0 saturated heterocycles. The molecule has 0 saturated carbocycles. The highest BCUT2D eigenvalue weighted by Gasteiger charge is 2.22. The Morgan fingerprint density at radius 3 is 1.90 bits per heavy atom. The Labute approximate surface area is 125 Å². The number of hydrogen-bond donors (Lipinski definition) is 4. The molecular weight excluding hydrogens is 274 g/mol. The quantitative estimate of drug-likeness (QED) is 0.453. The van der Waals surface area contributed by atoms with E-state index in [2.05, 4.69) is 16.0 Å². The van der Waals surface area contributed by atoms with Gasteiger partial charge in [-0.05, 0) is 18.8 Å². The third-order valence-electron chi connectivity index (χ3n) is 2.99. The van der Waals surface area contributed by atoms with Gasteiger partial charge < -0.3 is 21.1 Å². The van der Waals surface area contributed by atoms with Crippen molar-refractivity contribution < 1.29 is 19.5 Å². The van der Waals surface area contributed by atoms with Gasteiger partial charge in [0.25, 0.3) is 0 Å². The molecule has 0 heterocycles. The van der Waals surface area contributed by atoms with Crippen molar-refractivity contribution in [3.05, 3.63) is 0 Å². The van der Waals surface area contributed by atoms with Crippen LogP contribution in [0.5, 0.6) is 0 Å². The molecule has 0 aliphatic carbocycles. The first kappa shape index (κ1) is 19.2. The minimum absolute atomic E-state index is 0.0380. The van der Waals surface area contributed by atoms with Crippen LogP contribution in [0.15, 0.2) is 0 Å². The smallest absolute Gasteiger partial charge is 0.404 e. The Kier molecular flexibility index (Phi) is 10.0. The maximum atomic E-state index is 11.9. The Hall–Kier alpha value is -1.79. The number of carbonyl (C=O) groups excluding carboxylic acids is 2. The van der Waals surface area contributed by atoms with Crippen molar-refractivity contribution in [2.45, 2.75) is 52.5 Å². The zero-order valence-electron chi connectivity index (χ0n) is 13.1. The second-order valence-electron chi connectivity index (χ2n) is 5.36. The number of carboxylic acid groups (broad SMARTS) is 1. The van der Waals surface area contributed by atoms with Crippen molar-refractivity contribution >= 4 is 17.9 Å². The molecule has 0 radical (unpaired) electrons. The van der Waals surface area contributed by atoms with Crippen LogP contribution in [-0.2, 0) is 9.59 Å². The highest BCUT2D eigenvalue weighted by atomic mass is 16.4. The van der Waals surface area contributed by atoms with Crippen LogP contribution in [0.2, 0.25) is 0 Å². The molecule has 7 heteroatoms. The normalized spacial score (nSPS) is 11.8. The molecule has 0 fully saturated rings. The topological polar surface area (TPSA) is 108 Å². The van der Waals surface area contributed by atoms with Crippen molar-refractivity contribution in [2.75, 3.05) is 13.1 Å². The van der Waals surface area contributed by atoms with Gasteiger partial charge in [0.15, 0.2) is 0 Å². The van der Waals surface area contributed by atoms with Crippen molar-refractivity contribution in [3.63, 3.8) is 0 Å². The van der Waals surface area contributed by atoms with Crippen LogP contribution in [0.3, 0.4) is 0 Å². The van der Waals surface area contributed by atoms with Crippen LogP contribution in [0.25, 0.3) is 0 Å². The molecule has 0 bridgehead atoms. The number of rotatable bonds is 10. The maximum absolute atomic E-state index is 11.9. The number of nitrogens with one attached hydrogen (secondary N) is 3. The predicted octanol–water partition coefficient (Wildman–Crippen LogP) is 1.09. The van der Waals surface area contributed by atoms with Gasteiger partial charge in [-0.25, -0.2) is 4.79 Å². The van der Waals surface area contributed by atoms with Gasteiger partial charge in [-0.3, -0.25) is 9.59 Å². The fourth-order valence-electron chi connectivity index (χ4n) is 1.87. The van der Waals surface area contributed by atoms with Crippen molar-refractivity contribution in [1.29, 1.82) is 0 Å². The van der Waals surface area contributed by atoms with E-state index in [0.717, 1.165) is 25.7 Å². The molecule has 0 rings (SSSR count). The molecule has 0 aromatic heterocycles. The average molecular weight is 301 g/mol. The van der Waals surface area contributed by atoms with E-state index in [1.54, 1.807) is 0 Å². The van der Waals surface area contributed by atoms with E-state index >= 15 is 0 Å². The Balaban J connectivity index is 3.72. The lowest BCUT2D eigenvalue weighted by atomic mass is 10.0. The third kappa shape index (κ3) is 10.6. The van der Waals surface area contributed by atoms with E-state index < -0.39 is 12.1 Å². The van der Waals surface area contributed by atoms with Crippen molar-refractivity contribution in [3.8, 4) is 0 Å². The van der Waals surface area contributed by atoms with Gasteiger partial charge in [-0.1, -0.05) is 26.7 Å². The summed E-state index contributed by atoms with van der Waals surface area (Å²) in [4.78, 5) is 33.2. The lowest BCUT2D eigenvalue weighted by molar-refractivity contribution is -0.129. The van der Waals surface area contributed by atoms with Crippen molar-refractivity contribution in [2.24, 2.45) is 5.92 Å². The number of unbranched alkanes of at least 4 members (excludes halogenated alkanes) is 3. The molecule has 21 heavy (non-hydrogen) atoms. The highest BCUT2D eigenvalue weighted by Crippen LogP contribution is 2.02. The average Bonchev–Trinajstić information content (AvgIpc) is 2.37. The molecule has 4 N–H and O–H groups in total. The van der Waals surface area contributed by atoms with Gasteiger partial charge in [-0.15, -0.1) is 0 Å². The molecule has 7 nitrogen and oxygen atoms in total. The van der Waals surface area contributed by atoms with Gasteiger partial charge in [0, 0.05) is 20.0 Å². The predicted molar refractivity (Wildman–Crippen MR) is 79.9 cm³/mol. The standard InChI is InChI=1S/C14H27N3O4/c1-10(2)12(17-11(3)18)13(19)15-8-6-4-5-7-9-16-14(20)21/h10,12,16H,4-9H2,1-3H3,(H,15,19)(H,17,18)(H,20,21). The van der Waals surface area contributed by atoms with Crippen LogP contribution in [-0.4, -0.2) is 42.1 Å². The van der Waals surface area contributed by atoms with Crippen LogP contribution in [0.4, 0.5) is 4.79 Å². The van der Waals surface area contributed by atoms with Gasteiger partial charge in [0.05, 0.1) is 0 Å². The second-order valence-corrected chi connectivity index (χ2v) is 5.36. The largest absolute Gasteiger partial charge is 0.465 e. The van der Waals surface area contributed by atoms with Crippen LogP contribution >= 0.6 is 0 Å². The number of amides is 3. The minimum atomic E-state index is -1.00. The SMILES string of the molecule is CC(=O)NC(C(=O)NCCCCCCNC(=O)O)C(C)C. The molecule has 0 aliphatic rings. The zero-order chi connectivity index (χ0) is 16.3. The monoisotopic (exact) mass is 301 g/mol. The second kappa shape index (κ2) is 10.9. The molecule has 1 atom stereocenters. The third-order valence-corrected chi connectivity index (χ3v) is 2.99. The molecule has 0 aliphatic heterocycles. The number of hydrogen-bond acceptors (Lipinski definition) is 3. The summed E-state index contributed by atoms with van der Waals surface area (Å²) in [5, 5.41) is 16.2. The molecule has 122 valence electrons. The van der Waals surface area contributed by atoms with E-state index in [1.165, 1.54) is 6.92 Å². The summed E-state index contributed by atoms with van der Waals surface area (Å²) in [5.74, 6) is -0.335. The highest BCUT2D eigenvalue weighted by molar-refractivity contribution is 5.86. The Bertz CT molecular complexity index is 345. The molecular formula is C14H27N3O4. The van der Waals surface area contributed by atoms with Gasteiger partial charge >= 0.3 is 6.09 Å². The Morgan fingerprint density at radius 1 is 0.952 bits per heavy atom. The summed E-state index contributed by atoms with van der Waals surface area (Å²) in [5.41, 5.74) is 0. The van der Waals surface area contributed by atoms with Crippen molar-refractivity contribution in [1.82, 2.24) is 16.0 Å². The lowest BCUT2D eigenvalue weighted by Gasteiger charge is -2.20. The summed E-state index contributed by atoms with van der Waals surface area (Å²) < 4.78 is 0. The van der Waals surface area contributed by atoms with Gasteiger partial charge in [0.1, 0.15) is 6.04 Å². The van der Waals surface area contributed by atoms with Crippen LogP contribution < -0.4 is 16.0 Å². The van der Waals surface area contributed by atoms with Gasteiger partial charge in [0.2, 0.25) is 11.8 Å². The van der Waals surface area contributed by atoms with Crippen LogP contribution in [0.1, 0.15) is 46.5 Å². The number of carbonyl (C=O) groups is 3. The van der Waals surface area contributed by atoms with E-state index in [9.17, 15) is 14.4 Å². The summed E-state index contributed by atoms with van der Waals surface area (Å²) in [6.07, 6.45) is 2.47. The molecule has 3 amide bonds. The Morgan fingerprint density at radius 2 is 1.48 bits per heavy atom. The minimum Gasteiger partial charge on any atom is -0.465 e. The zero-order valence-corrected chi connectivity index (χ0v) is 13.1. The van der Waals surface area contributed by atoms with E-state index in [1.807, 2.05) is 13.8 Å². The molecule has 1 unspecified atom stereocenters. The fraction of sp³-hybridized carbons (Fsp3) is 0.786. The van der Waals surface area contributed by atoms with Crippen LogP contribution in [0, 0.1) is 5.92 Å². The molecule has 0 aromatic rings. The van der Waals surface area contributed by atoms with E-state index in [0.29, 0.717) is 13.1 Å². The summed E-state index contributed by atoms with van der Waals surface area (Å²) in [7, 11) is 0. The summed E-state index contributed by atoms with van der Waals surface area (Å²) in [6.45, 7) is 6.19. The van der Waals surface area contributed by atoms with Gasteiger partial charge in [-0.2, -0.15) is 0 Å². The van der Waals surface area contributed by atoms with E-state index in [-0.39, 0.29) is 17.7 Å². The maximum Gasteiger partial charge on any atom is 0.404 e. The fourth-order valence-corrected chi connectivity index (χ4v) is 1.87. The summed E-state index contributed by atoms with van der Waals surface area (Å²) >= 11 is 0. The molecule has 0 aromatic carbocycles. The molecule has 0 spiro atoms. The van der Waals surface area contributed by atoms with E-state index in [4.69, 9.17) is 5.11 Å². The first-order chi connectivity index (χ1) is 9.84. The lowest BCUT2D eigenvalue weighted by Crippen LogP contribution is -2.49. The first-order valence-corrected chi connectivity index (χ1v) is 7.36.